The first-order valence-corrected chi connectivity index (χ1v) is 7.24. The van der Waals surface area contributed by atoms with Crippen LogP contribution in [0.25, 0.3) is 0 Å². The van der Waals surface area contributed by atoms with Crippen LogP contribution < -0.4 is 4.90 Å². The molecule has 1 atom stereocenters. The van der Waals surface area contributed by atoms with Crippen LogP contribution in [0.1, 0.15) is 18.4 Å². The fourth-order valence-electron chi connectivity index (χ4n) is 3.06. The maximum atomic E-state index is 10.8. The Morgan fingerprint density at radius 2 is 2.19 bits per heavy atom. The van der Waals surface area contributed by atoms with Crippen molar-refractivity contribution in [3.05, 3.63) is 27.9 Å². The van der Waals surface area contributed by atoms with Crippen molar-refractivity contribution in [3.8, 4) is 0 Å². The molecule has 7 heteroatoms. The van der Waals surface area contributed by atoms with Gasteiger partial charge in [-0.15, -0.1) is 0 Å². The molecule has 0 amide bonds. The van der Waals surface area contributed by atoms with E-state index in [1.807, 2.05) is 6.92 Å². The van der Waals surface area contributed by atoms with Gasteiger partial charge in [0, 0.05) is 25.1 Å². The summed E-state index contributed by atoms with van der Waals surface area (Å²) < 4.78 is 11.2. The maximum absolute atomic E-state index is 10.8. The van der Waals surface area contributed by atoms with E-state index in [1.165, 1.54) is 6.20 Å². The van der Waals surface area contributed by atoms with E-state index in [-0.39, 0.29) is 12.0 Å². The summed E-state index contributed by atoms with van der Waals surface area (Å²) in [5, 5.41) is 10.8. The molecule has 0 radical (unpaired) electrons. The minimum absolute atomic E-state index is 0.0345. The Morgan fingerprint density at radius 3 is 2.86 bits per heavy atom. The average molecular weight is 293 g/mol. The van der Waals surface area contributed by atoms with Gasteiger partial charge < -0.3 is 14.4 Å². The normalized spacial score (nSPS) is 23.5. The lowest BCUT2D eigenvalue weighted by Gasteiger charge is -2.36. The number of piperidine rings is 1. The van der Waals surface area contributed by atoms with E-state index < -0.39 is 4.92 Å². The fraction of sp³-hybridized carbons (Fsp3) is 0.643. The van der Waals surface area contributed by atoms with Gasteiger partial charge in [-0.25, -0.2) is 4.98 Å². The molecule has 114 valence electrons. The van der Waals surface area contributed by atoms with Gasteiger partial charge >= 0.3 is 0 Å². The number of aromatic nitrogens is 1. The third kappa shape index (κ3) is 2.98. The van der Waals surface area contributed by atoms with E-state index in [1.54, 1.807) is 6.07 Å². The van der Waals surface area contributed by atoms with Crippen LogP contribution in [0.4, 0.5) is 11.5 Å². The second-order valence-corrected chi connectivity index (χ2v) is 5.55. The van der Waals surface area contributed by atoms with Crippen LogP contribution in [0.15, 0.2) is 12.3 Å². The van der Waals surface area contributed by atoms with Gasteiger partial charge in [0.15, 0.2) is 6.29 Å². The first kappa shape index (κ1) is 14.2. The van der Waals surface area contributed by atoms with Crippen LogP contribution in [-0.4, -0.2) is 42.5 Å². The highest BCUT2D eigenvalue weighted by atomic mass is 16.7. The predicted octanol–water partition coefficient (Wildman–Crippen LogP) is 1.89. The number of aryl methyl sites for hydroxylation is 1. The zero-order valence-electron chi connectivity index (χ0n) is 12.0. The van der Waals surface area contributed by atoms with E-state index in [2.05, 4.69) is 9.88 Å². The third-order valence-corrected chi connectivity index (χ3v) is 4.04. The Kier molecular flexibility index (Phi) is 4.03. The first-order valence-electron chi connectivity index (χ1n) is 7.24. The number of pyridine rings is 1. The Labute approximate surface area is 123 Å². The largest absolute Gasteiger partial charge is 0.356 e. The van der Waals surface area contributed by atoms with Crippen LogP contribution in [-0.2, 0) is 9.47 Å². The van der Waals surface area contributed by atoms with E-state index in [0.29, 0.717) is 19.1 Å². The standard InChI is InChI=1S/C14H19N3O4/c1-10-7-12(17(18)19)8-15-13(10)16-4-2-3-11(9-16)14-20-5-6-21-14/h7-8,11,14H,2-6,9H2,1H3/t11-/m0/s1. The first-order chi connectivity index (χ1) is 10.1. The van der Waals surface area contributed by atoms with E-state index in [4.69, 9.17) is 9.47 Å². The molecule has 0 bridgehead atoms. The molecule has 3 heterocycles. The van der Waals surface area contributed by atoms with Gasteiger partial charge in [0.05, 0.1) is 18.1 Å². The van der Waals surface area contributed by atoms with Crippen LogP contribution >= 0.6 is 0 Å². The van der Waals surface area contributed by atoms with Crippen molar-refractivity contribution in [2.24, 2.45) is 5.92 Å². The number of hydrogen-bond acceptors (Lipinski definition) is 6. The molecule has 1 aromatic heterocycles. The SMILES string of the molecule is Cc1cc([N+](=O)[O-])cnc1N1CCC[C@H](C2OCCO2)C1. The number of nitrogens with zero attached hydrogens (tertiary/aromatic N) is 3. The lowest BCUT2D eigenvalue weighted by Crippen LogP contribution is -2.41. The highest BCUT2D eigenvalue weighted by Crippen LogP contribution is 2.29. The van der Waals surface area contributed by atoms with Gasteiger partial charge in [-0.05, 0) is 25.3 Å². The van der Waals surface area contributed by atoms with Crippen molar-refractivity contribution in [1.29, 1.82) is 0 Å². The number of hydrogen-bond donors (Lipinski definition) is 0. The van der Waals surface area contributed by atoms with Gasteiger partial charge in [0.25, 0.3) is 5.69 Å². The molecule has 0 spiro atoms. The molecule has 0 aromatic carbocycles. The highest BCUT2D eigenvalue weighted by Gasteiger charge is 2.32. The van der Waals surface area contributed by atoms with E-state index in [0.717, 1.165) is 37.3 Å². The van der Waals surface area contributed by atoms with Crippen molar-refractivity contribution in [2.75, 3.05) is 31.2 Å². The number of anilines is 1. The molecule has 0 aliphatic carbocycles. The number of nitro groups is 1. The summed E-state index contributed by atoms with van der Waals surface area (Å²) in [6.07, 6.45) is 3.33. The summed E-state index contributed by atoms with van der Waals surface area (Å²) in [7, 11) is 0. The van der Waals surface area contributed by atoms with Crippen molar-refractivity contribution in [2.45, 2.75) is 26.1 Å². The third-order valence-electron chi connectivity index (χ3n) is 4.04. The summed E-state index contributed by atoms with van der Waals surface area (Å²) in [6.45, 7) is 4.92. The summed E-state index contributed by atoms with van der Waals surface area (Å²) >= 11 is 0. The van der Waals surface area contributed by atoms with Gasteiger partial charge in [0.2, 0.25) is 0 Å². The molecule has 2 aliphatic rings. The molecular weight excluding hydrogens is 274 g/mol. The van der Waals surface area contributed by atoms with E-state index >= 15 is 0 Å². The molecule has 0 unspecified atom stereocenters. The minimum atomic E-state index is -0.414. The molecular formula is C14H19N3O4. The molecule has 0 N–H and O–H groups in total. The number of rotatable bonds is 3. The van der Waals surface area contributed by atoms with Crippen LogP contribution in [0.5, 0.6) is 0 Å². The second kappa shape index (κ2) is 5.95. The molecule has 2 aliphatic heterocycles. The van der Waals surface area contributed by atoms with Crippen LogP contribution in [0.3, 0.4) is 0 Å². The smallest absolute Gasteiger partial charge is 0.287 e. The fourth-order valence-corrected chi connectivity index (χ4v) is 3.06. The Hall–Kier alpha value is -1.73. The van der Waals surface area contributed by atoms with Gasteiger partial charge in [0.1, 0.15) is 12.0 Å². The molecule has 1 aromatic rings. The summed E-state index contributed by atoms with van der Waals surface area (Å²) in [6, 6.07) is 1.58. The van der Waals surface area contributed by atoms with Crippen LogP contribution in [0, 0.1) is 23.0 Å². The zero-order valence-corrected chi connectivity index (χ0v) is 12.0. The summed E-state index contributed by atoms with van der Waals surface area (Å²) in [4.78, 5) is 16.8. The van der Waals surface area contributed by atoms with E-state index in [9.17, 15) is 10.1 Å². The van der Waals surface area contributed by atoms with Gasteiger partial charge in [-0.3, -0.25) is 10.1 Å². The van der Waals surface area contributed by atoms with Crippen molar-refractivity contribution in [1.82, 2.24) is 4.98 Å². The average Bonchev–Trinajstić information content (AvgIpc) is 3.01. The van der Waals surface area contributed by atoms with Crippen LogP contribution in [0.2, 0.25) is 0 Å². The second-order valence-electron chi connectivity index (χ2n) is 5.55. The molecule has 0 saturated carbocycles. The highest BCUT2D eigenvalue weighted by molar-refractivity contribution is 5.50. The minimum Gasteiger partial charge on any atom is -0.356 e. The van der Waals surface area contributed by atoms with Crippen molar-refractivity contribution in [3.63, 3.8) is 0 Å². The van der Waals surface area contributed by atoms with Gasteiger partial charge in [-0.1, -0.05) is 0 Å². The monoisotopic (exact) mass is 293 g/mol. The molecule has 7 nitrogen and oxygen atoms in total. The van der Waals surface area contributed by atoms with Gasteiger partial charge in [-0.2, -0.15) is 0 Å². The Balaban J connectivity index is 1.75. The molecule has 2 saturated heterocycles. The maximum Gasteiger partial charge on any atom is 0.287 e. The zero-order chi connectivity index (χ0) is 14.8. The summed E-state index contributed by atoms with van der Waals surface area (Å²) in [5.41, 5.74) is 0.866. The Bertz CT molecular complexity index is 531. The Morgan fingerprint density at radius 1 is 1.43 bits per heavy atom. The summed E-state index contributed by atoms with van der Waals surface area (Å²) in [5.74, 6) is 1.15. The molecule has 2 fully saturated rings. The molecule has 3 rings (SSSR count). The topological polar surface area (TPSA) is 77.7 Å². The predicted molar refractivity (Wildman–Crippen MR) is 76.3 cm³/mol. The lowest BCUT2D eigenvalue weighted by atomic mass is 9.97. The van der Waals surface area contributed by atoms with Crippen molar-refractivity contribution < 1.29 is 14.4 Å². The quantitative estimate of drug-likeness (QED) is 0.625. The molecule has 21 heavy (non-hydrogen) atoms. The number of ether oxygens (including phenoxy) is 2. The van der Waals surface area contributed by atoms with Crippen molar-refractivity contribution >= 4 is 11.5 Å². The lowest BCUT2D eigenvalue weighted by molar-refractivity contribution is -0.385.